The number of halogens is 1. The third-order valence-electron chi connectivity index (χ3n) is 2.69. The summed E-state index contributed by atoms with van der Waals surface area (Å²) in [5.74, 6) is 5.71. The largest absolute Gasteiger partial charge is 0.466 e. The molecule has 3 heteroatoms. The molecule has 0 aromatic heterocycles. The lowest BCUT2D eigenvalue weighted by Crippen LogP contribution is -2.08. The molecule has 18 heavy (non-hydrogen) atoms. The third kappa shape index (κ3) is 3.59. The van der Waals surface area contributed by atoms with Gasteiger partial charge in [-0.2, -0.15) is 0 Å². The fourth-order valence-electron chi connectivity index (χ4n) is 1.55. The summed E-state index contributed by atoms with van der Waals surface area (Å²) >= 11 is 0. The first kappa shape index (κ1) is 12.6. The molecule has 1 aliphatic rings. The van der Waals surface area contributed by atoms with Gasteiger partial charge >= 0.3 is 5.97 Å². The Labute approximate surface area is 106 Å². The zero-order valence-corrected chi connectivity index (χ0v) is 10.3. The maximum absolute atomic E-state index is 13.7. The first-order valence-electron chi connectivity index (χ1n) is 6.14. The predicted molar refractivity (Wildman–Crippen MR) is 66.3 cm³/mol. The highest BCUT2D eigenvalue weighted by molar-refractivity contribution is 5.72. The van der Waals surface area contributed by atoms with Gasteiger partial charge in [0.15, 0.2) is 0 Å². The zero-order valence-electron chi connectivity index (χ0n) is 10.3. The van der Waals surface area contributed by atoms with E-state index in [-0.39, 0.29) is 6.42 Å². The van der Waals surface area contributed by atoms with E-state index in [4.69, 9.17) is 4.74 Å². The van der Waals surface area contributed by atoms with Gasteiger partial charge in [-0.3, -0.25) is 4.79 Å². The maximum Gasteiger partial charge on any atom is 0.310 e. The number of ether oxygens (including phenoxy) is 1. The second-order valence-corrected chi connectivity index (χ2v) is 4.33. The van der Waals surface area contributed by atoms with Gasteiger partial charge in [0.25, 0.3) is 0 Å². The van der Waals surface area contributed by atoms with E-state index in [1.165, 1.54) is 6.07 Å². The molecule has 1 aliphatic carbocycles. The molecule has 1 fully saturated rings. The Bertz CT molecular complexity index is 507. The number of benzene rings is 1. The Hall–Kier alpha value is -1.82. The minimum absolute atomic E-state index is 0.0317. The third-order valence-corrected chi connectivity index (χ3v) is 2.69. The van der Waals surface area contributed by atoms with Crippen molar-refractivity contribution in [2.45, 2.75) is 26.2 Å². The summed E-state index contributed by atoms with van der Waals surface area (Å²) in [5.41, 5.74) is 1.01. The molecular formula is C15H15FO2. The predicted octanol–water partition coefficient (Wildman–Crippen LogP) is 2.69. The molecule has 1 aromatic rings. The van der Waals surface area contributed by atoms with Crippen molar-refractivity contribution in [1.29, 1.82) is 0 Å². The van der Waals surface area contributed by atoms with Crippen LogP contribution in [-0.2, 0) is 16.0 Å². The fourth-order valence-corrected chi connectivity index (χ4v) is 1.55. The van der Waals surface area contributed by atoms with E-state index in [1.807, 2.05) is 0 Å². The molecule has 0 aliphatic heterocycles. The van der Waals surface area contributed by atoms with Crippen molar-refractivity contribution >= 4 is 5.97 Å². The fraction of sp³-hybridized carbons (Fsp3) is 0.400. The van der Waals surface area contributed by atoms with E-state index < -0.39 is 11.8 Å². The van der Waals surface area contributed by atoms with Crippen LogP contribution in [0, 0.1) is 23.6 Å². The van der Waals surface area contributed by atoms with Crippen LogP contribution in [0.5, 0.6) is 0 Å². The number of hydrogen-bond acceptors (Lipinski definition) is 2. The summed E-state index contributed by atoms with van der Waals surface area (Å²) in [5, 5.41) is 0. The highest BCUT2D eigenvalue weighted by Gasteiger charge is 2.17. The molecule has 0 radical (unpaired) electrons. The molecule has 0 unspecified atom stereocenters. The van der Waals surface area contributed by atoms with Gasteiger partial charge < -0.3 is 4.74 Å². The molecule has 0 heterocycles. The van der Waals surface area contributed by atoms with Crippen LogP contribution in [0.3, 0.4) is 0 Å². The van der Waals surface area contributed by atoms with Crippen molar-refractivity contribution in [3.63, 3.8) is 0 Å². The number of rotatable bonds is 3. The Balaban J connectivity index is 2.05. The average Bonchev–Trinajstić information content (AvgIpc) is 3.14. The van der Waals surface area contributed by atoms with Gasteiger partial charge in [-0.25, -0.2) is 4.39 Å². The molecule has 2 rings (SSSR count). The van der Waals surface area contributed by atoms with E-state index in [0.29, 0.717) is 23.7 Å². The standard InChI is InChI=1S/C15H15FO2/c1-2-18-15(17)10-13-8-7-12(9-14(13)16)6-5-11-3-4-11/h7-9,11H,2-4,10H2,1H3. The molecule has 1 aromatic carbocycles. The van der Waals surface area contributed by atoms with E-state index in [0.717, 1.165) is 12.8 Å². The summed E-state index contributed by atoms with van der Waals surface area (Å²) in [6, 6.07) is 4.72. The van der Waals surface area contributed by atoms with Crippen LogP contribution in [0.1, 0.15) is 30.9 Å². The van der Waals surface area contributed by atoms with E-state index in [2.05, 4.69) is 11.8 Å². The monoisotopic (exact) mass is 246 g/mol. The lowest BCUT2D eigenvalue weighted by molar-refractivity contribution is -0.142. The smallest absolute Gasteiger partial charge is 0.310 e. The number of hydrogen-bond donors (Lipinski definition) is 0. The second kappa shape index (κ2) is 5.68. The molecule has 0 saturated heterocycles. The minimum atomic E-state index is -0.409. The molecule has 0 bridgehead atoms. The zero-order chi connectivity index (χ0) is 13.0. The number of carbonyl (C=O) groups is 1. The van der Waals surface area contributed by atoms with Gasteiger partial charge in [0, 0.05) is 11.5 Å². The van der Waals surface area contributed by atoms with Crippen molar-refractivity contribution in [2.24, 2.45) is 5.92 Å². The summed E-state index contributed by atoms with van der Waals surface area (Å²) < 4.78 is 18.5. The van der Waals surface area contributed by atoms with Gasteiger partial charge in [-0.1, -0.05) is 17.9 Å². The summed E-state index contributed by atoms with van der Waals surface area (Å²) in [7, 11) is 0. The molecule has 94 valence electrons. The van der Waals surface area contributed by atoms with Crippen LogP contribution in [-0.4, -0.2) is 12.6 Å². The lowest BCUT2D eigenvalue weighted by atomic mass is 10.1. The van der Waals surface area contributed by atoms with Crippen molar-refractivity contribution in [2.75, 3.05) is 6.61 Å². The normalized spacial score (nSPS) is 13.7. The average molecular weight is 246 g/mol. The topological polar surface area (TPSA) is 26.3 Å². The Morgan fingerprint density at radius 3 is 2.89 bits per heavy atom. The van der Waals surface area contributed by atoms with E-state index >= 15 is 0 Å². The van der Waals surface area contributed by atoms with Gasteiger partial charge in [-0.05, 0) is 37.5 Å². The first-order chi connectivity index (χ1) is 8.69. The summed E-state index contributed by atoms with van der Waals surface area (Å²) in [6.07, 6.45) is 2.27. The molecule has 0 amide bonds. The number of esters is 1. The molecule has 2 nitrogen and oxygen atoms in total. The van der Waals surface area contributed by atoms with Crippen molar-refractivity contribution in [3.05, 3.63) is 35.1 Å². The van der Waals surface area contributed by atoms with Crippen molar-refractivity contribution < 1.29 is 13.9 Å². The van der Waals surface area contributed by atoms with Crippen LogP contribution >= 0.6 is 0 Å². The van der Waals surface area contributed by atoms with Crippen LogP contribution in [0.15, 0.2) is 18.2 Å². The van der Waals surface area contributed by atoms with E-state index in [1.54, 1.807) is 19.1 Å². The molecule has 0 spiro atoms. The maximum atomic E-state index is 13.7. The first-order valence-corrected chi connectivity index (χ1v) is 6.14. The van der Waals surface area contributed by atoms with Crippen molar-refractivity contribution in [1.82, 2.24) is 0 Å². The molecular weight excluding hydrogens is 231 g/mol. The van der Waals surface area contributed by atoms with Crippen LogP contribution in [0.4, 0.5) is 4.39 Å². The van der Waals surface area contributed by atoms with Crippen LogP contribution in [0.2, 0.25) is 0 Å². The Morgan fingerprint density at radius 1 is 1.50 bits per heavy atom. The Kier molecular flexibility index (Phi) is 3.99. The molecule has 0 atom stereocenters. The van der Waals surface area contributed by atoms with Crippen LogP contribution < -0.4 is 0 Å². The highest BCUT2D eigenvalue weighted by Crippen LogP contribution is 2.27. The summed E-state index contributed by atoms with van der Waals surface area (Å²) in [4.78, 5) is 11.3. The van der Waals surface area contributed by atoms with Crippen molar-refractivity contribution in [3.8, 4) is 11.8 Å². The molecule has 0 N–H and O–H groups in total. The summed E-state index contributed by atoms with van der Waals surface area (Å²) in [6.45, 7) is 2.04. The van der Waals surface area contributed by atoms with Crippen LogP contribution in [0.25, 0.3) is 0 Å². The minimum Gasteiger partial charge on any atom is -0.466 e. The van der Waals surface area contributed by atoms with Gasteiger partial charge in [0.1, 0.15) is 5.82 Å². The van der Waals surface area contributed by atoms with E-state index in [9.17, 15) is 9.18 Å². The second-order valence-electron chi connectivity index (χ2n) is 4.33. The lowest BCUT2D eigenvalue weighted by Gasteiger charge is -2.03. The van der Waals surface area contributed by atoms with Gasteiger partial charge in [0.05, 0.1) is 13.0 Å². The SMILES string of the molecule is CCOC(=O)Cc1ccc(C#CC2CC2)cc1F. The van der Waals surface area contributed by atoms with Gasteiger partial charge in [-0.15, -0.1) is 0 Å². The van der Waals surface area contributed by atoms with Gasteiger partial charge in [0.2, 0.25) is 0 Å². The Morgan fingerprint density at radius 2 is 2.28 bits per heavy atom. The highest BCUT2D eigenvalue weighted by atomic mass is 19.1. The molecule has 1 saturated carbocycles. The number of carbonyl (C=O) groups excluding carboxylic acids is 1. The quantitative estimate of drug-likeness (QED) is 0.605.